The summed E-state index contributed by atoms with van der Waals surface area (Å²) in [5, 5.41) is 2.09. The van der Waals surface area contributed by atoms with Crippen LogP contribution in [0.4, 0.5) is 0 Å². The number of benzene rings is 2. The molecular formula is C26H36O3Si. The molecule has 30 heavy (non-hydrogen) atoms. The maximum Gasteiger partial charge on any atom is 0.323 e. The first kappa shape index (κ1) is 22.8. The summed E-state index contributed by atoms with van der Waals surface area (Å²) >= 11 is 0. The van der Waals surface area contributed by atoms with Gasteiger partial charge in [-0.2, -0.15) is 0 Å². The van der Waals surface area contributed by atoms with Gasteiger partial charge in [-0.25, -0.2) is 0 Å². The summed E-state index contributed by atoms with van der Waals surface area (Å²) in [6.45, 7) is 9.51. The minimum atomic E-state index is -2.83. The van der Waals surface area contributed by atoms with E-state index in [1.165, 1.54) is 0 Å². The van der Waals surface area contributed by atoms with Gasteiger partial charge >= 0.3 is 8.32 Å². The van der Waals surface area contributed by atoms with Gasteiger partial charge in [-0.15, -0.1) is 0 Å². The molecule has 0 radical (unpaired) electrons. The Bertz CT molecular complexity index is 759. The molecule has 0 aromatic heterocycles. The van der Waals surface area contributed by atoms with E-state index in [2.05, 4.69) is 76.2 Å². The van der Waals surface area contributed by atoms with Crippen LogP contribution in [0.1, 0.15) is 59.8 Å². The third-order valence-corrected chi connectivity index (χ3v) is 11.1. The van der Waals surface area contributed by atoms with Crippen LogP contribution in [0.3, 0.4) is 0 Å². The van der Waals surface area contributed by atoms with Crippen molar-refractivity contribution in [2.24, 2.45) is 5.92 Å². The Labute approximate surface area is 182 Å². The van der Waals surface area contributed by atoms with Gasteiger partial charge in [0.1, 0.15) is 0 Å². The van der Waals surface area contributed by atoms with E-state index in [4.69, 9.17) is 9.16 Å². The van der Waals surface area contributed by atoms with E-state index in [1.54, 1.807) is 0 Å². The number of carbonyl (C=O) groups is 1. The zero-order chi connectivity index (χ0) is 21.6. The Kier molecular flexibility index (Phi) is 7.53. The SMILES string of the molecule is CCCO[C@@H]1CCC[C@H](C(=O)O[Si](c2ccccc2)(c2ccccc2)C(C)(C)C)C1. The van der Waals surface area contributed by atoms with Crippen LogP contribution >= 0.6 is 0 Å². The Balaban J connectivity index is 1.96. The molecule has 0 N–H and O–H groups in total. The Hall–Kier alpha value is -1.91. The molecule has 1 aliphatic carbocycles. The average molecular weight is 425 g/mol. The summed E-state index contributed by atoms with van der Waals surface area (Å²) < 4.78 is 12.7. The molecule has 1 saturated carbocycles. The first-order valence-corrected chi connectivity index (χ1v) is 13.2. The van der Waals surface area contributed by atoms with Crippen LogP contribution in [0.25, 0.3) is 0 Å². The first-order chi connectivity index (χ1) is 14.4. The molecule has 0 unspecified atom stereocenters. The fourth-order valence-corrected chi connectivity index (χ4v) is 9.08. The highest BCUT2D eigenvalue weighted by atomic mass is 28.4. The summed E-state index contributed by atoms with van der Waals surface area (Å²) in [5.74, 6) is -0.128. The lowest BCUT2D eigenvalue weighted by Gasteiger charge is -2.43. The Morgan fingerprint density at radius 3 is 2.03 bits per heavy atom. The van der Waals surface area contributed by atoms with Crippen molar-refractivity contribution in [3.63, 3.8) is 0 Å². The fourth-order valence-electron chi connectivity index (χ4n) is 4.68. The van der Waals surface area contributed by atoms with Crippen molar-refractivity contribution in [1.82, 2.24) is 0 Å². The third-order valence-electron chi connectivity index (χ3n) is 6.19. The van der Waals surface area contributed by atoms with Crippen molar-refractivity contribution in [2.75, 3.05) is 6.61 Å². The van der Waals surface area contributed by atoms with Gasteiger partial charge in [0.15, 0.2) is 0 Å². The molecule has 2 aromatic rings. The fraction of sp³-hybridized carbons (Fsp3) is 0.500. The summed E-state index contributed by atoms with van der Waals surface area (Å²) in [5.41, 5.74) is 0. The number of hydrogen-bond donors (Lipinski definition) is 0. The van der Waals surface area contributed by atoms with Crippen LogP contribution in [0.5, 0.6) is 0 Å². The van der Waals surface area contributed by atoms with Gasteiger partial charge in [0, 0.05) is 6.61 Å². The number of rotatable bonds is 7. The smallest absolute Gasteiger partial charge is 0.323 e. The van der Waals surface area contributed by atoms with Crippen molar-refractivity contribution in [2.45, 2.75) is 70.9 Å². The van der Waals surface area contributed by atoms with E-state index in [0.29, 0.717) is 0 Å². The van der Waals surface area contributed by atoms with Crippen LogP contribution in [0.15, 0.2) is 60.7 Å². The van der Waals surface area contributed by atoms with Crippen molar-refractivity contribution in [3.05, 3.63) is 60.7 Å². The summed E-state index contributed by atoms with van der Waals surface area (Å²) in [7, 11) is -2.83. The van der Waals surface area contributed by atoms with Gasteiger partial charge in [0.2, 0.25) is 0 Å². The summed E-state index contributed by atoms with van der Waals surface area (Å²) in [6.07, 6.45) is 4.92. The lowest BCUT2D eigenvalue weighted by Crippen LogP contribution is -2.67. The predicted molar refractivity (Wildman–Crippen MR) is 126 cm³/mol. The largest absolute Gasteiger partial charge is 0.509 e. The van der Waals surface area contributed by atoms with Crippen molar-refractivity contribution in [1.29, 1.82) is 0 Å². The Morgan fingerprint density at radius 2 is 1.53 bits per heavy atom. The number of carbonyl (C=O) groups excluding carboxylic acids is 1. The normalized spacial score (nSPS) is 20.0. The molecule has 0 spiro atoms. The standard InChI is InChI=1S/C26H36O3Si/c1-5-19-28-22-14-12-13-21(20-22)25(27)29-30(26(2,3)4,23-15-8-6-9-16-23)24-17-10-7-11-18-24/h6-11,15-18,21-22H,5,12-14,19-20H2,1-4H3/t21-,22+/m0/s1. The molecule has 0 heterocycles. The minimum Gasteiger partial charge on any atom is -0.509 e. The monoisotopic (exact) mass is 424 g/mol. The highest BCUT2D eigenvalue weighted by molar-refractivity contribution is 7.00. The summed E-state index contributed by atoms with van der Waals surface area (Å²) in [4.78, 5) is 13.6. The van der Waals surface area contributed by atoms with E-state index in [0.717, 1.165) is 49.1 Å². The van der Waals surface area contributed by atoms with Crippen LogP contribution in [-0.4, -0.2) is 27.0 Å². The third kappa shape index (κ3) is 4.87. The number of hydrogen-bond acceptors (Lipinski definition) is 3. The van der Waals surface area contributed by atoms with Crippen LogP contribution < -0.4 is 10.4 Å². The molecule has 0 bridgehead atoms. The molecule has 3 rings (SSSR count). The van der Waals surface area contributed by atoms with Crippen molar-refractivity contribution >= 4 is 24.7 Å². The van der Waals surface area contributed by atoms with Gasteiger partial charge in [-0.1, -0.05) is 94.8 Å². The molecule has 2 atom stereocenters. The molecule has 2 aromatic carbocycles. The molecule has 0 saturated heterocycles. The van der Waals surface area contributed by atoms with Gasteiger partial charge in [-0.3, -0.25) is 4.79 Å². The van der Waals surface area contributed by atoms with E-state index in [9.17, 15) is 4.79 Å². The van der Waals surface area contributed by atoms with E-state index in [-0.39, 0.29) is 23.0 Å². The number of ether oxygens (including phenoxy) is 1. The molecule has 0 aliphatic heterocycles. The highest BCUT2D eigenvalue weighted by Gasteiger charge is 2.53. The van der Waals surface area contributed by atoms with Gasteiger partial charge in [-0.05, 0) is 41.1 Å². The van der Waals surface area contributed by atoms with E-state index >= 15 is 0 Å². The molecule has 162 valence electrons. The first-order valence-electron chi connectivity index (χ1n) is 11.3. The van der Waals surface area contributed by atoms with E-state index in [1.807, 2.05) is 12.1 Å². The topological polar surface area (TPSA) is 35.5 Å². The second-order valence-corrected chi connectivity index (χ2v) is 13.7. The second-order valence-electron chi connectivity index (χ2n) is 9.44. The highest BCUT2D eigenvalue weighted by Crippen LogP contribution is 2.38. The molecule has 1 fully saturated rings. The lowest BCUT2D eigenvalue weighted by molar-refractivity contribution is -0.143. The van der Waals surface area contributed by atoms with Gasteiger partial charge < -0.3 is 9.16 Å². The van der Waals surface area contributed by atoms with E-state index < -0.39 is 8.32 Å². The van der Waals surface area contributed by atoms with Gasteiger partial charge in [0.25, 0.3) is 5.97 Å². The summed E-state index contributed by atoms with van der Waals surface area (Å²) in [6, 6.07) is 20.8. The zero-order valence-corrected chi connectivity index (χ0v) is 19.9. The lowest BCUT2D eigenvalue weighted by atomic mass is 9.87. The maximum absolute atomic E-state index is 13.6. The molecule has 0 amide bonds. The maximum atomic E-state index is 13.6. The quantitative estimate of drug-likeness (QED) is 0.582. The van der Waals surface area contributed by atoms with Crippen LogP contribution in [0.2, 0.25) is 5.04 Å². The zero-order valence-electron chi connectivity index (χ0n) is 18.9. The second kappa shape index (κ2) is 9.93. The van der Waals surface area contributed by atoms with Crippen molar-refractivity contribution < 1.29 is 14.0 Å². The molecule has 3 nitrogen and oxygen atoms in total. The minimum absolute atomic E-state index is 0.0471. The Morgan fingerprint density at radius 1 is 0.967 bits per heavy atom. The molecule has 4 heteroatoms. The molecular weight excluding hydrogens is 388 g/mol. The average Bonchev–Trinajstić information content (AvgIpc) is 2.76. The predicted octanol–water partition coefficient (Wildman–Crippen LogP) is 5.08. The molecule has 1 aliphatic rings. The van der Waals surface area contributed by atoms with Crippen molar-refractivity contribution in [3.8, 4) is 0 Å². The van der Waals surface area contributed by atoms with Gasteiger partial charge in [0.05, 0.1) is 12.0 Å². The van der Waals surface area contributed by atoms with Crippen LogP contribution in [-0.2, 0) is 14.0 Å². The van der Waals surface area contributed by atoms with Crippen LogP contribution in [0, 0.1) is 5.92 Å².